The van der Waals surface area contributed by atoms with Gasteiger partial charge in [-0.1, -0.05) is 136 Å². The molecule has 0 bridgehead atoms. The Balaban J connectivity index is 3.08. The lowest BCUT2D eigenvalue weighted by Gasteiger charge is -2.01. The minimum atomic E-state index is 1.13. The van der Waals surface area contributed by atoms with Crippen molar-refractivity contribution >= 4 is 0 Å². The smallest absolute Gasteiger partial charge is 0.00886 e. The summed E-state index contributed by atoms with van der Waals surface area (Å²) in [5.74, 6) is 6.79. The molecule has 0 spiro atoms. The van der Waals surface area contributed by atoms with E-state index in [9.17, 15) is 0 Å². The molecule has 0 saturated heterocycles. The first kappa shape index (κ1) is 26.6. The molecule has 0 radical (unpaired) electrons. The average Bonchev–Trinajstić information content (AvgIpc) is 2.68. The standard InChI is InChI=1S/C27H52/c1-3-5-7-9-11-13-15-17-19-21-23-25-27-26-24-22-20-18-16-14-12-10-8-6-4-2/h3-25H2,1-2H3. The minimum absolute atomic E-state index is 1.13. The van der Waals surface area contributed by atoms with Crippen molar-refractivity contribution in [2.24, 2.45) is 0 Å². The lowest BCUT2D eigenvalue weighted by molar-refractivity contribution is 0.551. The van der Waals surface area contributed by atoms with Crippen LogP contribution in [0.5, 0.6) is 0 Å². The van der Waals surface area contributed by atoms with Gasteiger partial charge in [0.15, 0.2) is 0 Å². The van der Waals surface area contributed by atoms with Crippen molar-refractivity contribution in [3.05, 3.63) is 0 Å². The van der Waals surface area contributed by atoms with E-state index >= 15 is 0 Å². The second kappa shape index (κ2) is 25.6. The number of hydrogen-bond donors (Lipinski definition) is 0. The van der Waals surface area contributed by atoms with Crippen molar-refractivity contribution in [1.82, 2.24) is 0 Å². The van der Waals surface area contributed by atoms with Crippen LogP contribution in [0.1, 0.15) is 162 Å². The predicted octanol–water partition coefficient (Wildman–Crippen LogP) is 10.0. The highest BCUT2D eigenvalue weighted by molar-refractivity contribution is 4.98. The van der Waals surface area contributed by atoms with Crippen LogP contribution in [0.2, 0.25) is 0 Å². The molecule has 0 heteroatoms. The maximum atomic E-state index is 3.40. The highest BCUT2D eigenvalue weighted by Gasteiger charge is 1.93. The van der Waals surface area contributed by atoms with E-state index < -0.39 is 0 Å². The molecule has 0 aromatic heterocycles. The zero-order chi connectivity index (χ0) is 19.7. The summed E-state index contributed by atoms with van der Waals surface area (Å²) in [5.41, 5.74) is 0. The Morgan fingerprint density at radius 1 is 0.296 bits per heavy atom. The van der Waals surface area contributed by atoms with E-state index in [0.717, 1.165) is 12.8 Å². The fourth-order valence-corrected chi connectivity index (χ4v) is 3.76. The van der Waals surface area contributed by atoms with Gasteiger partial charge in [-0.2, -0.15) is 0 Å². The highest BCUT2D eigenvalue weighted by atomic mass is 14.0. The van der Waals surface area contributed by atoms with E-state index in [1.165, 1.54) is 135 Å². The van der Waals surface area contributed by atoms with Crippen LogP contribution in [0, 0.1) is 11.8 Å². The lowest BCUT2D eigenvalue weighted by Crippen LogP contribution is -1.82. The fraction of sp³-hybridized carbons (Fsp3) is 0.926. The monoisotopic (exact) mass is 376 g/mol. The first-order valence-corrected chi connectivity index (χ1v) is 12.9. The van der Waals surface area contributed by atoms with Crippen LogP contribution in [-0.4, -0.2) is 0 Å². The van der Waals surface area contributed by atoms with E-state index in [0.29, 0.717) is 0 Å². The van der Waals surface area contributed by atoms with E-state index in [1.54, 1.807) is 0 Å². The van der Waals surface area contributed by atoms with Gasteiger partial charge in [-0.05, 0) is 12.8 Å². The third-order valence-electron chi connectivity index (χ3n) is 5.69. The summed E-state index contributed by atoms with van der Waals surface area (Å²) in [4.78, 5) is 0. The quantitative estimate of drug-likeness (QED) is 0.138. The molecule has 0 saturated carbocycles. The molecular weight excluding hydrogens is 324 g/mol. The molecule has 0 N–H and O–H groups in total. The van der Waals surface area contributed by atoms with E-state index in [1.807, 2.05) is 0 Å². The van der Waals surface area contributed by atoms with E-state index in [2.05, 4.69) is 25.7 Å². The summed E-state index contributed by atoms with van der Waals surface area (Å²) in [6.45, 7) is 4.59. The second-order valence-electron chi connectivity index (χ2n) is 8.57. The summed E-state index contributed by atoms with van der Waals surface area (Å²) < 4.78 is 0. The Hall–Kier alpha value is -0.440. The molecule has 0 amide bonds. The van der Waals surface area contributed by atoms with Crippen LogP contribution in [0.4, 0.5) is 0 Å². The topological polar surface area (TPSA) is 0 Å². The third-order valence-corrected chi connectivity index (χ3v) is 5.69. The normalized spacial score (nSPS) is 10.7. The first-order chi connectivity index (χ1) is 13.4. The molecule has 0 aliphatic rings. The van der Waals surface area contributed by atoms with Gasteiger partial charge in [0.05, 0.1) is 0 Å². The highest BCUT2D eigenvalue weighted by Crippen LogP contribution is 2.12. The van der Waals surface area contributed by atoms with Gasteiger partial charge in [-0.15, -0.1) is 11.8 Å². The van der Waals surface area contributed by atoms with Gasteiger partial charge in [0, 0.05) is 12.8 Å². The van der Waals surface area contributed by atoms with E-state index in [-0.39, 0.29) is 0 Å². The number of rotatable bonds is 21. The van der Waals surface area contributed by atoms with Gasteiger partial charge in [0.25, 0.3) is 0 Å². The summed E-state index contributed by atoms with van der Waals surface area (Å²) in [5, 5.41) is 0. The van der Waals surface area contributed by atoms with Gasteiger partial charge >= 0.3 is 0 Å². The molecule has 0 aromatic carbocycles. The van der Waals surface area contributed by atoms with Gasteiger partial charge in [-0.3, -0.25) is 0 Å². The summed E-state index contributed by atoms with van der Waals surface area (Å²) in [6.07, 6.45) is 32.1. The van der Waals surface area contributed by atoms with Crippen LogP contribution >= 0.6 is 0 Å². The third kappa shape index (κ3) is 25.6. The Bertz CT molecular complexity index is 306. The average molecular weight is 377 g/mol. The number of hydrogen-bond acceptors (Lipinski definition) is 0. The molecule has 0 nitrogen and oxygen atoms in total. The molecule has 0 aromatic rings. The first-order valence-electron chi connectivity index (χ1n) is 12.9. The van der Waals surface area contributed by atoms with Crippen LogP contribution in [-0.2, 0) is 0 Å². The largest absolute Gasteiger partial charge is 0.103 e. The minimum Gasteiger partial charge on any atom is -0.103 e. The molecule has 160 valence electrons. The molecule has 0 unspecified atom stereocenters. The zero-order valence-electron chi connectivity index (χ0n) is 19.3. The maximum Gasteiger partial charge on any atom is 0.00886 e. The van der Waals surface area contributed by atoms with Crippen LogP contribution in [0.15, 0.2) is 0 Å². The van der Waals surface area contributed by atoms with Gasteiger partial charge in [-0.25, -0.2) is 0 Å². The summed E-state index contributed by atoms with van der Waals surface area (Å²) >= 11 is 0. The lowest BCUT2D eigenvalue weighted by atomic mass is 10.1. The van der Waals surface area contributed by atoms with Crippen molar-refractivity contribution < 1.29 is 0 Å². The predicted molar refractivity (Wildman–Crippen MR) is 125 cm³/mol. The molecule has 0 aliphatic carbocycles. The van der Waals surface area contributed by atoms with Crippen molar-refractivity contribution in [3.8, 4) is 11.8 Å². The van der Waals surface area contributed by atoms with Crippen LogP contribution in [0.25, 0.3) is 0 Å². The van der Waals surface area contributed by atoms with Gasteiger partial charge in [0.2, 0.25) is 0 Å². The summed E-state index contributed by atoms with van der Waals surface area (Å²) in [7, 11) is 0. The fourth-order valence-electron chi connectivity index (χ4n) is 3.76. The Labute approximate surface area is 173 Å². The zero-order valence-corrected chi connectivity index (χ0v) is 19.3. The molecule has 0 heterocycles. The van der Waals surface area contributed by atoms with Crippen molar-refractivity contribution in [2.45, 2.75) is 162 Å². The molecule has 0 atom stereocenters. The van der Waals surface area contributed by atoms with Crippen molar-refractivity contribution in [1.29, 1.82) is 0 Å². The van der Waals surface area contributed by atoms with Crippen molar-refractivity contribution in [3.63, 3.8) is 0 Å². The molecule has 0 aliphatic heterocycles. The van der Waals surface area contributed by atoms with Crippen molar-refractivity contribution in [2.75, 3.05) is 0 Å². The molecule has 0 rings (SSSR count). The van der Waals surface area contributed by atoms with Gasteiger partial charge in [0.1, 0.15) is 0 Å². The van der Waals surface area contributed by atoms with E-state index in [4.69, 9.17) is 0 Å². The van der Waals surface area contributed by atoms with Crippen LogP contribution < -0.4 is 0 Å². The molecule has 0 fully saturated rings. The van der Waals surface area contributed by atoms with Gasteiger partial charge < -0.3 is 0 Å². The maximum absolute atomic E-state index is 3.40. The SMILES string of the molecule is CCCCCCCCCCCCC#CCCCCCCCCCCCCC. The Morgan fingerprint density at radius 2 is 0.519 bits per heavy atom. The number of unbranched alkanes of at least 4 members (excludes halogenated alkanes) is 21. The summed E-state index contributed by atoms with van der Waals surface area (Å²) in [6, 6.07) is 0. The van der Waals surface area contributed by atoms with Crippen LogP contribution in [0.3, 0.4) is 0 Å². The molecule has 27 heavy (non-hydrogen) atoms. The molecular formula is C27H52. The second-order valence-corrected chi connectivity index (χ2v) is 8.57. The Morgan fingerprint density at radius 3 is 0.778 bits per heavy atom. The Kier molecular flexibility index (Phi) is 25.1.